The van der Waals surface area contributed by atoms with Gasteiger partial charge in [-0.1, -0.05) is 30.3 Å². The van der Waals surface area contributed by atoms with Crippen molar-refractivity contribution in [3.63, 3.8) is 0 Å². The second kappa shape index (κ2) is 4.69. The Hall–Kier alpha value is -2.42. The van der Waals surface area contributed by atoms with E-state index in [0.717, 1.165) is 28.0 Å². The zero-order valence-electron chi connectivity index (χ0n) is 10.5. The minimum atomic E-state index is -0.225. The Morgan fingerprint density at radius 3 is 2.58 bits per heavy atom. The molecule has 19 heavy (non-hydrogen) atoms. The first kappa shape index (κ1) is 11.7. The number of hydrogen-bond donors (Lipinski definition) is 1. The highest BCUT2D eigenvalue weighted by Crippen LogP contribution is 2.16. The predicted octanol–water partition coefficient (Wildman–Crippen LogP) is 4.18. The van der Waals surface area contributed by atoms with Crippen LogP contribution in [0, 0.1) is 12.7 Å². The van der Waals surface area contributed by atoms with Gasteiger partial charge in [-0.25, -0.2) is 9.37 Å². The van der Waals surface area contributed by atoms with Crippen LogP contribution in [0.15, 0.2) is 42.5 Å². The van der Waals surface area contributed by atoms with E-state index in [2.05, 4.69) is 9.97 Å². The van der Waals surface area contributed by atoms with E-state index in [9.17, 15) is 4.39 Å². The maximum absolute atomic E-state index is 12.8. The number of aryl methyl sites for hydroxylation is 1. The number of benzene rings is 2. The van der Waals surface area contributed by atoms with Crippen molar-refractivity contribution >= 4 is 23.2 Å². The highest BCUT2D eigenvalue weighted by atomic mass is 19.1. The zero-order chi connectivity index (χ0) is 13.2. The van der Waals surface area contributed by atoms with Gasteiger partial charge in [0.15, 0.2) is 0 Å². The number of aromatic nitrogens is 2. The lowest BCUT2D eigenvalue weighted by atomic mass is 10.2. The molecule has 0 bridgehead atoms. The van der Waals surface area contributed by atoms with Crippen LogP contribution in [-0.2, 0) is 0 Å². The van der Waals surface area contributed by atoms with E-state index in [-0.39, 0.29) is 5.82 Å². The third kappa shape index (κ3) is 2.40. The topological polar surface area (TPSA) is 28.7 Å². The lowest BCUT2D eigenvalue weighted by molar-refractivity contribution is 0.628. The van der Waals surface area contributed by atoms with Crippen molar-refractivity contribution in [3.8, 4) is 0 Å². The molecule has 0 spiro atoms. The summed E-state index contributed by atoms with van der Waals surface area (Å²) < 4.78 is 12.8. The van der Waals surface area contributed by atoms with Gasteiger partial charge in [-0.2, -0.15) is 0 Å². The first-order chi connectivity index (χ1) is 9.22. The summed E-state index contributed by atoms with van der Waals surface area (Å²) in [6.07, 6.45) is 3.80. The Kier molecular flexibility index (Phi) is 2.88. The fourth-order valence-corrected chi connectivity index (χ4v) is 2.02. The first-order valence-corrected chi connectivity index (χ1v) is 6.11. The number of H-pyrrole nitrogens is 1. The van der Waals surface area contributed by atoms with Crippen molar-refractivity contribution in [2.75, 3.05) is 0 Å². The fraction of sp³-hybridized carbons (Fsp3) is 0.0625. The summed E-state index contributed by atoms with van der Waals surface area (Å²) in [5, 5.41) is 0. The van der Waals surface area contributed by atoms with Crippen LogP contribution in [0.3, 0.4) is 0 Å². The van der Waals surface area contributed by atoms with Crippen molar-refractivity contribution in [2.45, 2.75) is 6.92 Å². The van der Waals surface area contributed by atoms with Gasteiger partial charge >= 0.3 is 0 Å². The third-order valence-corrected chi connectivity index (χ3v) is 3.04. The summed E-state index contributed by atoms with van der Waals surface area (Å²) in [4.78, 5) is 7.77. The molecule has 0 radical (unpaired) electrons. The number of nitrogens with zero attached hydrogens (tertiary/aromatic N) is 1. The number of imidazole rings is 1. The van der Waals surface area contributed by atoms with Crippen molar-refractivity contribution in [2.24, 2.45) is 0 Å². The molecule has 1 aromatic heterocycles. The molecule has 0 amide bonds. The predicted molar refractivity (Wildman–Crippen MR) is 76.2 cm³/mol. The highest BCUT2D eigenvalue weighted by Gasteiger charge is 2.01. The largest absolute Gasteiger partial charge is 0.338 e. The van der Waals surface area contributed by atoms with Crippen LogP contribution in [0.2, 0.25) is 0 Å². The van der Waals surface area contributed by atoms with Gasteiger partial charge in [-0.15, -0.1) is 0 Å². The number of para-hydroxylation sites is 1. The summed E-state index contributed by atoms with van der Waals surface area (Å²) in [6, 6.07) is 12.4. The fourth-order valence-electron chi connectivity index (χ4n) is 2.02. The summed E-state index contributed by atoms with van der Waals surface area (Å²) in [5.41, 5.74) is 4.11. The Labute approximate surface area is 110 Å². The molecule has 0 aliphatic rings. The molecule has 0 atom stereocenters. The Balaban J connectivity index is 1.93. The minimum Gasteiger partial charge on any atom is -0.338 e. The summed E-state index contributed by atoms with van der Waals surface area (Å²) >= 11 is 0. The van der Waals surface area contributed by atoms with Crippen LogP contribution in [0.25, 0.3) is 23.2 Å². The zero-order valence-corrected chi connectivity index (χ0v) is 10.5. The van der Waals surface area contributed by atoms with Crippen molar-refractivity contribution in [3.05, 3.63) is 65.2 Å². The first-order valence-electron chi connectivity index (χ1n) is 6.11. The number of halogens is 1. The Bertz CT molecular complexity index is 739. The summed E-state index contributed by atoms with van der Waals surface area (Å²) in [5.74, 6) is 0.574. The van der Waals surface area contributed by atoms with Crippen molar-refractivity contribution in [1.82, 2.24) is 9.97 Å². The summed E-state index contributed by atoms with van der Waals surface area (Å²) in [7, 11) is 0. The number of aromatic amines is 1. The molecule has 94 valence electrons. The van der Waals surface area contributed by atoms with Crippen LogP contribution in [0.5, 0.6) is 0 Å². The van der Waals surface area contributed by atoms with Crippen molar-refractivity contribution < 1.29 is 4.39 Å². The Morgan fingerprint density at radius 2 is 1.84 bits per heavy atom. The number of nitrogens with one attached hydrogen (secondary N) is 1. The van der Waals surface area contributed by atoms with E-state index < -0.39 is 0 Å². The maximum atomic E-state index is 12.8. The van der Waals surface area contributed by atoms with Gasteiger partial charge in [-0.05, 0) is 42.3 Å². The smallest absolute Gasteiger partial charge is 0.131 e. The van der Waals surface area contributed by atoms with E-state index in [0.29, 0.717) is 0 Å². The number of fused-ring (bicyclic) bond motifs is 1. The average Bonchev–Trinajstić information content (AvgIpc) is 2.83. The summed E-state index contributed by atoms with van der Waals surface area (Å²) in [6.45, 7) is 2.04. The molecule has 0 aliphatic carbocycles. The van der Waals surface area contributed by atoms with Gasteiger partial charge in [-0.3, -0.25) is 0 Å². The van der Waals surface area contributed by atoms with Gasteiger partial charge in [0.05, 0.1) is 11.0 Å². The monoisotopic (exact) mass is 252 g/mol. The Morgan fingerprint density at radius 1 is 1.05 bits per heavy atom. The standard InChI is InChI=1S/C16H13FN2/c1-11-3-2-4-14-16(11)19-15(18-14)10-7-12-5-8-13(17)9-6-12/h2-10H,1H3,(H,18,19). The van der Waals surface area contributed by atoms with Crippen LogP contribution in [-0.4, -0.2) is 9.97 Å². The van der Waals surface area contributed by atoms with Gasteiger partial charge in [0.1, 0.15) is 11.6 Å². The number of rotatable bonds is 2. The quantitative estimate of drug-likeness (QED) is 0.728. The van der Waals surface area contributed by atoms with Gasteiger partial charge in [0.2, 0.25) is 0 Å². The molecule has 1 N–H and O–H groups in total. The average molecular weight is 252 g/mol. The van der Waals surface area contributed by atoms with E-state index in [1.807, 2.05) is 37.3 Å². The van der Waals surface area contributed by atoms with E-state index >= 15 is 0 Å². The van der Waals surface area contributed by atoms with E-state index in [1.54, 1.807) is 12.1 Å². The third-order valence-electron chi connectivity index (χ3n) is 3.04. The molecule has 0 saturated heterocycles. The lowest BCUT2D eigenvalue weighted by Crippen LogP contribution is -1.77. The highest BCUT2D eigenvalue weighted by molar-refractivity contribution is 5.81. The molecule has 3 rings (SSSR count). The van der Waals surface area contributed by atoms with E-state index in [4.69, 9.17) is 0 Å². The second-order valence-corrected chi connectivity index (χ2v) is 4.48. The lowest BCUT2D eigenvalue weighted by Gasteiger charge is -1.91. The normalized spacial score (nSPS) is 11.5. The maximum Gasteiger partial charge on any atom is 0.131 e. The van der Waals surface area contributed by atoms with Crippen LogP contribution < -0.4 is 0 Å². The van der Waals surface area contributed by atoms with Crippen LogP contribution in [0.4, 0.5) is 4.39 Å². The second-order valence-electron chi connectivity index (χ2n) is 4.48. The van der Waals surface area contributed by atoms with Crippen LogP contribution in [0.1, 0.15) is 17.0 Å². The molecule has 2 aromatic carbocycles. The van der Waals surface area contributed by atoms with Gasteiger partial charge < -0.3 is 4.98 Å². The molecule has 2 nitrogen and oxygen atoms in total. The SMILES string of the molecule is Cc1cccc2[nH]c(C=Cc3ccc(F)cc3)nc12. The van der Waals surface area contributed by atoms with Gasteiger partial charge in [0.25, 0.3) is 0 Å². The molecule has 3 heteroatoms. The molecular formula is C16H13FN2. The molecular weight excluding hydrogens is 239 g/mol. The molecule has 0 fully saturated rings. The molecule has 0 saturated carbocycles. The molecule has 0 unspecified atom stereocenters. The molecule has 1 heterocycles. The minimum absolute atomic E-state index is 0.225. The van der Waals surface area contributed by atoms with Gasteiger partial charge in [0, 0.05) is 0 Å². The molecule has 3 aromatic rings. The van der Waals surface area contributed by atoms with E-state index in [1.165, 1.54) is 12.1 Å². The van der Waals surface area contributed by atoms with Crippen molar-refractivity contribution in [1.29, 1.82) is 0 Å². The molecule has 0 aliphatic heterocycles. The number of hydrogen-bond acceptors (Lipinski definition) is 1. The van der Waals surface area contributed by atoms with Crippen LogP contribution >= 0.6 is 0 Å².